The molecule has 0 spiro atoms. The Morgan fingerprint density at radius 2 is 1.90 bits per heavy atom. The van der Waals surface area contributed by atoms with Crippen LogP contribution in [0.1, 0.15) is 42.6 Å². The zero-order valence-electron chi connectivity index (χ0n) is 28.2. The largest absolute Gasteiger partial charge is 0.348 e. The van der Waals surface area contributed by atoms with Gasteiger partial charge in [-0.2, -0.15) is 19.0 Å². The lowest BCUT2D eigenvalue weighted by atomic mass is 10.0. The smallest absolute Gasteiger partial charge is 0.345 e. The number of thioether (sulfide) groups is 1. The molecular formula is C33H41F2N9O4S. The van der Waals surface area contributed by atoms with Crippen LogP contribution in [0.3, 0.4) is 0 Å². The van der Waals surface area contributed by atoms with Gasteiger partial charge in [-0.15, -0.1) is 11.8 Å². The van der Waals surface area contributed by atoms with E-state index in [9.17, 15) is 23.2 Å². The van der Waals surface area contributed by atoms with Crippen molar-refractivity contribution < 1.29 is 27.9 Å². The van der Waals surface area contributed by atoms with Crippen molar-refractivity contribution in [2.45, 2.75) is 62.6 Å². The van der Waals surface area contributed by atoms with Crippen molar-refractivity contribution in [3.63, 3.8) is 0 Å². The van der Waals surface area contributed by atoms with Crippen molar-refractivity contribution in [1.82, 2.24) is 39.1 Å². The van der Waals surface area contributed by atoms with Gasteiger partial charge in [-0.3, -0.25) is 24.0 Å². The molecule has 0 saturated carbocycles. The van der Waals surface area contributed by atoms with Gasteiger partial charge in [0, 0.05) is 67.5 Å². The molecule has 0 atom stereocenters. The molecule has 13 nitrogen and oxygen atoms in total. The van der Waals surface area contributed by atoms with E-state index < -0.39 is 12.5 Å². The van der Waals surface area contributed by atoms with Gasteiger partial charge in [0.15, 0.2) is 5.65 Å². The Bertz CT molecular complexity index is 1790. The van der Waals surface area contributed by atoms with E-state index in [1.54, 1.807) is 66.4 Å². The van der Waals surface area contributed by atoms with Crippen molar-refractivity contribution in [2.75, 3.05) is 46.1 Å². The monoisotopic (exact) mass is 697 g/mol. The minimum absolute atomic E-state index is 0.0218. The third kappa shape index (κ3) is 8.99. The molecule has 0 aliphatic carbocycles. The van der Waals surface area contributed by atoms with E-state index in [2.05, 4.69) is 20.1 Å². The first-order valence-electron chi connectivity index (χ1n) is 15.9. The molecule has 5 rings (SSSR count). The minimum Gasteiger partial charge on any atom is -0.348 e. The number of nitrogens with one attached hydrogen (secondary N) is 1. The quantitative estimate of drug-likeness (QED) is 0.205. The number of likely N-dealkylation sites (N-methyl/N-ethyl adjacent to an activating group) is 2. The number of likely N-dealkylation sites (tertiary alicyclic amines) is 1. The van der Waals surface area contributed by atoms with Crippen molar-refractivity contribution in [1.29, 1.82) is 0 Å². The number of anilines is 1. The summed E-state index contributed by atoms with van der Waals surface area (Å²) in [7, 11) is 5.37. The zero-order chi connectivity index (χ0) is 35.2. The molecule has 0 unspecified atom stereocenters. The van der Waals surface area contributed by atoms with E-state index >= 15 is 0 Å². The van der Waals surface area contributed by atoms with Crippen LogP contribution >= 0.6 is 11.8 Å². The molecule has 1 N–H and O–H groups in total. The summed E-state index contributed by atoms with van der Waals surface area (Å²) in [6.07, 6.45) is 7.64. The van der Waals surface area contributed by atoms with E-state index in [0.717, 1.165) is 17.7 Å². The Balaban J connectivity index is 1.42. The van der Waals surface area contributed by atoms with Crippen LogP contribution in [-0.4, -0.2) is 115 Å². The van der Waals surface area contributed by atoms with E-state index in [1.807, 2.05) is 37.9 Å². The average molecular weight is 698 g/mol. The predicted octanol–water partition coefficient (Wildman–Crippen LogP) is 4.10. The highest BCUT2D eigenvalue weighted by Crippen LogP contribution is 2.35. The lowest BCUT2D eigenvalue weighted by molar-refractivity contribution is -0.137. The third-order valence-corrected chi connectivity index (χ3v) is 9.23. The molecule has 16 heteroatoms. The summed E-state index contributed by atoms with van der Waals surface area (Å²) in [5.74, 6) is -0.638. The normalized spacial score (nSPS) is 14.0. The van der Waals surface area contributed by atoms with E-state index in [1.165, 1.54) is 15.4 Å². The van der Waals surface area contributed by atoms with Crippen LogP contribution in [0.25, 0.3) is 16.9 Å². The molecule has 0 bridgehead atoms. The van der Waals surface area contributed by atoms with Crippen LogP contribution in [0, 0.1) is 0 Å². The fourth-order valence-electron chi connectivity index (χ4n) is 5.65. The summed E-state index contributed by atoms with van der Waals surface area (Å²) < 4.78 is 33.9. The second-order valence-corrected chi connectivity index (χ2v) is 14.0. The van der Waals surface area contributed by atoms with E-state index in [0.29, 0.717) is 42.1 Å². The van der Waals surface area contributed by atoms with Gasteiger partial charge in [-0.1, -0.05) is 19.9 Å². The molecule has 1 aliphatic heterocycles. The maximum atomic E-state index is 13.6. The molecule has 1 aliphatic rings. The molecule has 3 amide bonds. The van der Waals surface area contributed by atoms with Crippen molar-refractivity contribution in [2.24, 2.45) is 0 Å². The highest BCUT2D eigenvalue weighted by molar-refractivity contribution is 7.99. The number of carbonyl (C=O) groups is 3. The first-order chi connectivity index (χ1) is 23.4. The molecule has 4 aromatic rings. The number of halogens is 2. The Hall–Kier alpha value is -4.41. The van der Waals surface area contributed by atoms with Crippen LogP contribution in [0.5, 0.6) is 0 Å². The van der Waals surface area contributed by atoms with Crippen molar-refractivity contribution in [3.05, 3.63) is 60.2 Å². The lowest BCUT2D eigenvalue weighted by Gasteiger charge is -2.36. The highest BCUT2D eigenvalue weighted by Gasteiger charge is 2.28. The number of amides is 3. The van der Waals surface area contributed by atoms with Crippen LogP contribution in [0.4, 0.5) is 14.5 Å². The van der Waals surface area contributed by atoms with E-state index in [4.69, 9.17) is 5.10 Å². The SMILES string of the molecule is CC(C)Sc1ccc(COC(F)F)c(-c2nn(CC(=O)N3CCC(N(C)CC(=O)N(C)C)CC3)cc2NC(=O)c2cnn3cccnc23)c1. The summed E-state index contributed by atoms with van der Waals surface area (Å²) in [6.45, 7) is 1.96. The van der Waals surface area contributed by atoms with Crippen LogP contribution in [0.15, 0.2) is 53.9 Å². The molecule has 3 aromatic heterocycles. The number of hydrogen-bond donors (Lipinski definition) is 1. The standard InChI is InChI=1S/C33H41F2N9O4S/c1-21(2)49-24-8-7-22(20-48-33(34)35)25(15-24)30-27(38-32(47)26-16-37-44-12-6-11-36-31(26)44)17-43(39-30)19-29(46)42-13-9-23(10-14-42)41(5)18-28(45)40(3)4/h6-8,11-12,15-17,21,23,33H,9-10,13-14,18-20H2,1-5H3,(H,38,47). The summed E-state index contributed by atoms with van der Waals surface area (Å²) >= 11 is 1.59. The summed E-state index contributed by atoms with van der Waals surface area (Å²) in [5, 5.41) is 12.1. The molecule has 1 fully saturated rings. The molecule has 0 radical (unpaired) electrons. The Labute approximate surface area is 287 Å². The number of carbonyl (C=O) groups excluding carboxylic acids is 3. The highest BCUT2D eigenvalue weighted by atomic mass is 32.2. The number of ether oxygens (including phenoxy) is 1. The number of fused-ring (bicyclic) bond motifs is 1. The molecule has 4 heterocycles. The van der Waals surface area contributed by atoms with Gasteiger partial charge >= 0.3 is 6.61 Å². The molecule has 1 saturated heterocycles. The molecular weight excluding hydrogens is 656 g/mol. The minimum atomic E-state index is -2.98. The predicted molar refractivity (Wildman–Crippen MR) is 181 cm³/mol. The zero-order valence-corrected chi connectivity index (χ0v) is 29.0. The van der Waals surface area contributed by atoms with Crippen LogP contribution in [0.2, 0.25) is 0 Å². The van der Waals surface area contributed by atoms with E-state index in [-0.39, 0.29) is 47.5 Å². The number of nitrogens with zero attached hydrogens (tertiary/aromatic N) is 8. The lowest BCUT2D eigenvalue weighted by Crippen LogP contribution is -2.48. The van der Waals surface area contributed by atoms with Gasteiger partial charge in [-0.05, 0) is 43.7 Å². The Morgan fingerprint density at radius 1 is 1.14 bits per heavy atom. The van der Waals surface area contributed by atoms with Gasteiger partial charge in [0.05, 0.1) is 25.0 Å². The maximum Gasteiger partial charge on any atom is 0.345 e. The number of piperidine rings is 1. The molecule has 262 valence electrons. The number of alkyl halides is 2. The second kappa shape index (κ2) is 15.9. The number of benzene rings is 1. The summed E-state index contributed by atoms with van der Waals surface area (Å²) in [5.41, 5.74) is 2.09. The fraction of sp³-hybridized carbons (Fsp3) is 0.455. The maximum absolute atomic E-state index is 13.6. The Morgan fingerprint density at radius 3 is 2.59 bits per heavy atom. The number of hydrogen-bond acceptors (Lipinski definition) is 9. The van der Waals surface area contributed by atoms with Crippen molar-refractivity contribution >= 4 is 40.8 Å². The molecule has 1 aromatic carbocycles. The number of aromatic nitrogens is 5. The first-order valence-corrected chi connectivity index (χ1v) is 16.8. The van der Waals surface area contributed by atoms with Gasteiger partial charge < -0.3 is 19.9 Å². The fourth-order valence-corrected chi connectivity index (χ4v) is 6.53. The van der Waals surface area contributed by atoms with Crippen molar-refractivity contribution in [3.8, 4) is 11.3 Å². The van der Waals surface area contributed by atoms with Crippen LogP contribution < -0.4 is 5.32 Å². The van der Waals surface area contributed by atoms with Gasteiger partial charge in [0.2, 0.25) is 11.8 Å². The van der Waals surface area contributed by atoms with Crippen LogP contribution in [-0.2, 0) is 27.5 Å². The topological polar surface area (TPSA) is 130 Å². The van der Waals surface area contributed by atoms with Gasteiger partial charge in [0.1, 0.15) is 17.8 Å². The first kappa shape index (κ1) is 35.9. The number of rotatable bonds is 13. The third-order valence-electron chi connectivity index (χ3n) is 8.23. The van der Waals surface area contributed by atoms with Gasteiger partial charge in [-0.25, -0.2) is 9.50 Å². The summed E-state index contributed by atoms with van der Waals surface area (Å²) in [6, 6.07) is 7.24. The Kier molecular flexibility index (Phi) is 11.6. The van der Waals surface area contributed by atoms with Gasteiger partial charge in [0.25, 0.3) is 5.91 Å². The molecule has 49 heavy (non-hydrogen) atoms. The average Bonchev–Trinajstić information content (AvgIpc) is 3.67. The second-order valence-electron chi connectivity index (χ2n) is 12.4. The summed E-state index contributed by atoms with van der Waals surface area (Å²) in [4.78, 5) is 49.8.